The molecule has 0 saturated carbocycles. The van der Waals surface area contributed by atoms with Crippen LogP contribution in [-0.4, -0.2) is 72.3 Å². The van der Waals surface area contributed by atoms with Gasteiger partial charge in [0.2, 0.25) is 11.8 Å². The summed E-state index contributed by atoms with van der Waals surface area (Å²) >= 11 is 1.51. The van der Waals surface area contributed by atoms with E-state index in [0.29, 0.717) is 44.2 Å². The lowest BCUT2D eigenvalue weighted by atomic mass is 10.1. The second-order valence-electron chi connectivity index (χ2n) is 12.6. The molecule has 4 rings (SSSR count). The first kappa shape index (κ1) is 33.7. The van der Waals surface area contributed by atoms with Crippen LogP contribution in [-0.2, 0) is 20.9 Å². The third kappa shape index (κ3) is 9.40. The number of thiazole rings is 1. The second-order valence-corrected chi connectivity index (χ2v) is 13.6. The number of hydrogen-bond donors (Lipinski definition) is 2. The van der Waals surface area contributed by atoms with E-state index in [0.717, 1.165) is 38.9 Å². The molecule has 12 heteroatoms. The number of rotatable bonds is 13. The highest BCUT2D eigenvalue weighted by atomic mass is 32.1. The first-order valence-corrected chi connectivity index (χ1v) is 16.4. The number of nitrogens with zero attached hydrogens (tertiary/aromatic N) is 5. The Morgan fingerprint density at radius 1 is 1.02 bits per heavy atom. The van der Waals surface area contributed by atoms with Gasteiger partial charge in [-0.15, -0.1) is 0 Å². The number of nitrogens with one attached hydrogen (secondary N) is 2. The van der Waals surface area contributed by atoms with Crippen molar-refractivity contribution in [2.24, 2.45) is 5.92 Å². The number of hydrogen-bond acceptors (Lipinski definition) is 7. The van der Waals surface area contributed by atoms with Crippen molar-refractivity contribution in [2.45, 2.75) is 79.9 Å². The van der Waals surface area contributed by atoms with Gasteiger partial charge >= 0.3 is 6.09 Å². The first-order chi connectivity index (χ1) is 21.3. The van der Waals surface area contributed by atoms with Crippen LogP contribution in [0.4, 0.5) is 10.6 Å². The molecular weight excluding hydrogens is 590 g/mol. The van der Waals surface area contributed by atoms with Crippen LogP contribution in [0.1, 0.15) is 73.6 Å². The number of anilines is 1. The van der Waals surface area contributed by atoms with E-state index in [9.17, 15) is 14.4 Å². The third-order valence-electron chi connectivity index (χ3n) is 6.78. The molecule has 0 aliphatic carbocycles. The molecule has 11 nitrogen and oxygen atoms in total. The summed E-state index contributed by atoms with van der Waals surface area (Å²) in [7, 11) is 0. The maximum absolute atomic E-state index is 12.7. The summed E-state index contributed by atoms with van der Waals surface area (Å²) in [5, 5.41) is 2.80. The minimum atomic E-state index is -0.639. The van der Waals surface area contributed by atoms with Crippen LogP contribution in [0.2, 0.25) is 0 Å². The Morgan fingerprint density at radius 3 is 2.31 bits per heavy atom. The molecule has 45 heavy (non-hydrogen) atoms. The summed E-state index contributed by atoms with van der Waals surface area (Å²) in [6.07, 6.45) is 7.18. The van der Waals surface area contributed by atoms with Crippen molar-refractivity contribution in [3.05, 3.63) is 48.7 Å². The summed E-state index contributed by atoms with van der Waals surface area (Å²) in [5.74, 6) is 1.33. The normalized spacial score (nSPS) is 11.6. The van der Waals surface area contributed by atoms with Crippen molar-refractivity contribution >= 4 is 40.0 Å². The molecule has 3 amide bonds. The number of ether oxygens (including phenoxy) is 1. The predicted molar refractivity (Wildman–Crippen MR) is 178 cm³/mol. The number of amides is 3. The number of carbonyl (C=O) groups is 3. The molecular formula is C33H45N7O4S. The molecule has 4 aromatic rings. The summed E-state index contributed by atoms with van der Waals surface area (Å²) in [6.45, 7) is 15.0. The zero-order valence-corrected chi connectivity index (χ0v) is 28.2. The molecule has 3 aromatic heterocycles. The quantitative estimate of drug-likeness (QED) is 0.166. The minimum Gasteiger partial charge on any atom is -0.444 e. The number of aromatic amines is 1. The van der Waals surface area contributed by atoms with Crippen LogP contribution >= 0.6 is 11.3 Å². The van der Waals surface area contributed by atoms with Gasteiger partial charge in [-0.3, -0.25) is 18.9 Å². The van der Waals surface area contributed by atoms with Crippen LogP contribution in [0.15, 0.2) is 42.9 Å². The fourth-order valence-electron chi connectivity index (χ4n) is 4.80. The number of aromatic nitrogens is 4. The van der Waals surface area contributed by atoms with E-state index in [1.54, 1.807) is 27.0 Å². The maximum atomic E-state index is 12.7. The lowest BCUT2D eigenvalue weighted by Crippen LogP contribution is -2.41. The Balaban J connectivity index is 1.38. The van der Waals surface area contributed by atoms with Gasteiger partial charge in [0.25, 0.3) is 0 Å². The van der Waals surface area contributed by atoms with Gasteiger partial charge in [0, 0.05) is 25.7 Å². The van der Waals surface area contributed by atoms with Crippen LogP contribution in [0.25, 0.3) is 26.7 Å². The molecule has 0 saturated heterocycles. The first-order valence-electron chi connectivity index (χ1n) is 15.5. The van der Waals surface area contributed by atoms with E-state index in [4.69, 9.17) is 4.74 Å². The molecule has 0 aliphatic heterocycles. The Hall–Kier alpha value is -4.19. The summed E-state index contributed by atoms with van der Waals surface area (Å²) < 4.78 is 7.32. The monoisotopic (exact) mass is 635 g/mol. The minimum absolute atomic E-state index is 0.114. The molecule has 3 heterocycles. The van der Waals surface area contributed by atoms with Crippen molar-refractivity contribution in [1.29, 1.82) is 0 Å². The molecule has 2 N–H and O–H groups in total. The van der Waals surface area contributed by atoms with Gasteiger partial charge in [0.15, 0.2) is 10.8 Å². The average molecular weight is 636 g/mol. The largest absolute Gasteiger partial charge is 0.444 e. The number of imidazole rings is 2. The zero-order chi connectivity index (χ0) is 32.7. The van der Waals surface area contributed by atoms with Crippen molar-refractivity contribution in [3.8, 4) is 21.7 Å². The van der Waals surface area contributed by atoms with Gasteiger partial charge in [0.1, 0.15) is 18.0 Å². The van der Waals surface area contributed by atoms with Crippen molar-refractivity contribution in [2.75, 3.05) is 25.0 Å². The van der Waals surface area contributed by atoms with Crippen LogP contribution < -0.4 is 5.32 Å². The van der Waals surface area contributed by atoms with E-state index in [2.05, 4.69) is 53.2 Å². The Morgan fingerprint density at radius 2 is 1.69 bits per heavy atom. The SMILES string of the molecule is CCCN(Cc1ncc(-c2ccc(-c3cn4cc(NC(=O)CN(CCC)C(=O)OC(C)(C)C)nc4s3)cc2)[nH]1)C(=O)CC(C)C. The van der Waals surface area contributed by atoms with Crippen LogP contribution in [0, 0.1) is 5.92 Å². The molecule has 0 atom stereocenters. The van der Waals surface area contributed by atoms with E-state index in [1.165, 1.54) is 16.2 Å². The van der Waals surface area contributed by atoms with E-state index < -0.39 is 11.7 Å². The molecule has 0 radical (unpaired) electrons. The summed E-state index contributed by atoms with van der Waals surface area (Å²) in [5.41, 5.74) is 2.30. The fraction of sp³-hybridized carbons (Fsp3) is 0.485. The highest BCUT2D eigenvalue weighted by Gasteiger charge is 2.24. The molecule has 0 unspecified atom stereocenters. The average Bonchev–Trinajstić information content (AvgIpc) is 3.67. The number of carbonyl (C=O) groups excluding carboxylic acids is 3. The number of benzene rings is 1. The standard InChI is InChI=1S/C33H45N7O4S/c1-8-14-38(30(42)16-22(3)4)19-27-34-17-25(35-27)23-10-12-24(13-11-23)26-18-40-20-28(37-31(40)45-26)36-29(41)21-39(15-9-2)32(43)44-33(5,6)7/h10-13,17-18,20,22H,8-9,14-16,19,21H2,1-7H3,(H,34,35)(H,36,41). The van der Waals surface area contributed by atoms with Crippen LogP contribution in [0.3, 0.4) is 0 Å². The van der Waals surface area contributed by atoms with Crippen molar-refractivity contribution in [1.82, 2.24) is 29.2 Å². The third-order valence-corrected chi connectivity index (χ3v) is 7.83. The molecule has 1 aromatic carbocycles. The molecule has 0 bridgehead atoms. The van der Waals surface area contributed by atoms with E-state index in [-0.39, 0.29) is 18.4 Å². The summed E-state index contributed by atoms with van der Waals surface area (Å²) in [4.78, 5) is 55.4. The molecule has 0 fully saturated rings. The Labute approximate surface area is 269 Å². The predicted octanol–water partition coefficient (Wildman–Crippen LogP) is 6.82. The Kier molecular flexibility index (Phi) is 11.0. The molecule has 0 spiro atoms. The smallest absolute Gasteiger partial charge is 0.410 e. The van der Waals surface area contributed by atoms with Crippen molar-refractivity contribution < 1.29 is 19.1 Å². The topological polar surface area (TPSA) is 125 Å². The highest BCUT2D eigenvalue weighted by molar-refractivity contribution is 7.20. The van der Waals surface area contributed by atoms with Gasteiger partial charge in [-0.1, -0.05) is 63.3 Å². The van der Waals surface area contributed by atoms with Gasteiger partial charge in [0.05, 0.1) is 29.5 Å². The number of fused-ring (bicyclic) bond motifs is 1. The zero-order valence-electron chi connectivity index (χ0n) is 27.3. The maximum Gasteiger partial charge on any atom is 0.410 e. The fourth-order valence-corrected chi connectivity index (χ4v) is 5.77. The lowest BCUT2D eigenvalue weighted by molar-refractivity contribution is -0.132. The molecule has 0 aliphatic rings. The molecule has 242 valence electrons. The second kappa shape index (κ2) is 14.7. The lowest BCUT2D eigenvalue weighted by Gasteiger charge is -2.26. The highest BCUT2D eigenvalue weighted by Crippen LogP contribution is 2.31. The van der Waals surface area contributed by atoms with Gasteiger partial charge in [-0.2, -0.15) is 0 Å². The summed E-state index contributed by atoms with van der Waals surface area (Å²) in [6, 6.07) is 8.19. The van der Waals surface area contributed by atoms with E-state index in [1.807, 2.05) is 40.8 Å². The van der Waals surface area contributed by atoms with Crippen molar-refractivity contribution in [3.63, 3.8) is 0 Å². The van der Waals surface area contributed by atoms with Gasteiger partial charge < -0.3 is 19.9 Å². The number of H-pyrrole nitrogens is 1. The Bertz CT molecular complexity index is 1570. The van der Waals surface area contributed by atoms with E-state index >= 15 is 0 Å². The van der Waals surface area contributed by atoms with Gasteiger partial charge in [-0.25, -0.2) is 14.8 Å². The van der Waals surface area contributed by atoms with Crippen LogP contribution in [0.5, 0.6) is 0 Å². The van der Waals surface area contributed by atoms with Gasteiger partial charge in [-0.05, 0) is 50.7 Å².